The summed E-state index contributed by atoms with van der Waals surface area (Å²) < 4.78 is 5.81. The van der Waals surface area contributed by atoms with Crippen LogP contribution in [0.25, 0.3) is 11.3 Å². The molecule has 0 radical (unpaired) electrons. The third kappa shape index (κ3) is 5.17. The number of benzene rings is 2. The third-order valence-electron chi connectivity index (χ3n) is 4.26. The Morgan fingerprint density at radius 2 is 1.89 bits per heavy atom. The first-order valence-corrected chi connectivity index (χ1v) is 10.1. The van der Waals surface area contributed by atoms with Crippen LogP contribution in [0.2, 0.25) is 0 Å². The summed E-state index contributed by atoms with van der Waals surface area (Å²) in [6, 6.07) is 14.3. The lowest BCUT2D eigenvalue weighted by Crippen LogP contribution is -2.00. The number of unbranched alkanes of at least 4 members (excludes halogenated alkanes) is 1. The number of hydrazone groups is 1. The summed E-state index contributed by atoms with van der Waals surface area (Å²) in [6.45, 7) is 7.09. The van der Waals surface area contributed by atoms with Crippen LogP contribution in [0.1, 0.15) is 36.5 Å². The zero-order chi connectivity index (χ0) is 19.1. The van der Waals surface area contributed by atoms with Crippen LogP contribution in [0.3, 0.4) is 0 Å². The lowest BCUT2D eigenvalue weighted by atomic mass is 10.0. The van der Waals surface area contributed by atoms with Crippen LogP contribution in [0.15, 0.2) is 52.9 Å². The van der Waals surface area contributed by atoms with E-state index in [0.29, 0.717) is 0 Å². The van der Waals surface area contributed by atoms with E-state index in [1.165, 1.54) is 0 Å². The Hall–Kier alpha value is -2.66. The maximum absolute atomic E-state index is 5.81. The predicted octanol–water partition coefficient (Wildman–Crippen LogP) is 6.05. The molecule has 3 aromatic rings. The number of aryl methyl sites for hydroxylation is 2. The standard InChI is InChI=1S/C22H25N3OS/c1-4-5-11-26-19-12-16(2)20(17(3)13-19)14-23-25-22-24-21(15-27-22)18-9-7-6-8-10-18/h6-10,12-15H,4-5,11H2,1-3H3,(H,24,25). The number of hydrogen-bond acceptors (Lipinski definition) is 5. The molecule has 0 amide bonds. The van der Waals surface area contributed by atoms with Crippen molar-refractivity contribution in [3.63, 3.8) is 0 Å². The number of nitrogens with zero attached hydrogens (tertiary/aromatic N) is 2. The first kappa shape index (κ1) is 19.1. The fourth-order valence-electron chi connectivity index (χ4n) is 2.77. The van der Waals surface area contributed by atoms with E-state index in [9.17, 15) is 0 Å². The predicted molar refractivity (Wildman–Crippen MR) is 115 cm³/mol. The molecule has 0 atom stereocenters. The molecule has 2 aromatic carbocycles. The first-order chi connectivity index (χ1) is 13.2. The van der Waals surface area contributed by atoms with Crippen molar-refractivity contribution >= 4 is 22.7 Å². The highest BCUT2D eigenvalue weighted by Crippen LogP contribution is 2.25. The van der Waals surface area contributed by atoms with Crippen molar-refractivity contribution in [3.8, 4) is 17.0 Å². The first-order valence-electron chi connectivity index (χ1n) is 9.21. The molecule has 3 rings (SSSR count). The van der Waals surface area contributed by atoms with Gasteiger partial charge in [0.25, 0.3) is 0 Å². The second-order valence-electron chi connectivity index (χ2n) is 6.45. The van der Waals surface area contributed by atoms with E-state index in [0.717, 1.165) is 58.3 Å². The molecule has 0 unspecified atom stereocenters. The summed E-state index contributed by atoms with van der Waals surface area (Å²) in [5, 5.41) is 7.19. The van der Waals surface area contributed by atoms with Gasteiger partial charge in [-0.1, -0.05) is 43.7 Å². The van der Waals surface area contributed by atoms with Gasteiger partial charge in [-0.2, -0.15) is 5.10 Å². The van der Waals surface area contributed by atoms with Crippen molar-refractivity contribution < 1.29 is 4.74 Å². The molecule has 0 spiro atoms. The van der Waals surface area contributed by atoms with Gasteiger partial charge in [-0.3, -0.25) is 5.43 Å². The number of aromatic nitrogens is 1. The summed E-state index contributed by atoms with van der Waals surface area (Å²) in [5.41, 5.74) is 8.51. The number of thiazole rings is 1. The molecule has 4 nitrogen and oxygen atoms in total. The van der Waals surface area contributed by atoms with Gasteiger partial charge in [-0.05, 0) is 43.5 Å². The van der Waals surface area contributed by atoms with Crippen LogP contribution in [0.5, 0.6) is 5.75 Å². The van der Waals surface area contributed by atoms with Gasteiger partial charge in [-0.25, -0.2) is 4.98 Å². The fraction of sp³-hybridized carbons (Fsp3) is 0.273. The average molecular weight is 380 g/mol. The molecule has 1 heterocycles. The van der Waals surface area contributed by atoms with Gasteiger partial charge in [0.2, 0.25) is 5.13 Å². The normalized spacial score (nSPS) is 11.1. The molecule has 27 heavy (non-hydrogen) atoms. The second kappa shape index (κ2) is 9.33. The number of anilines is 1. The van der Waals surface area contributed by atoms with Crippen molar-refractivity contribution in [1.82, 2.24) is 4.98 Å². The molecule has 0 saturated heterocycles. The molecule has 0 saturated carbocycles. The second-order valence-corrected chi connectivity index (χ2v) is 7.30. The quantitative estimate of drug-likeness (QED) is 0.294. The Morgan fingerprint density at radius 1 is 1.15 bits per heavy atom. The maximum atomic E-state index is 5.81. The number of ether oxygens (including phenoxy) is 1. The summed E-state index contributed by atoms with van der Waals surface area (Å²) in [7, 11) is 0. The van der Waals surface area contributed by atoms with E-state index in [4.69, 9.17) is 4.74 Å². The molecule has 0 aliphatic heterocycles. The van der Waals surface area contributed by atoms with E-state index < -0.39 is 0 Å². The van der Waals surface area contributed by atoms with Gasteiger partial charge < -0.3 is 4.74 Å². The molecule has 5 heteroatoms. The van der Waals surface area contributed by atoms with Crippen LogP contribution >= 0.6 is 11.3 Å². The molecule has 0 bridgehead atoms. The van der Waals surface area contributed by atoms with Crippen molar-refractivity contribution in [2.45, 2.75) is 33.6 Å². The van der Waals surface area contributed by atoms with Crippen molar-refractivity contribution in [2.75, 3.05) is 12.0 Å². The maximum Gasteiger partial charge on any atom is 0.203 e. The topological polar surface area (TPSA) is 46.5 Å². The van der Waals surface area contributed by atoms with E-state index in [2.05, 4.69) is 60.5 Å². The molecular formula is C22H25N3OS. The van der Waals surface area contributed by atoms with Gasteiger partial charge in [-0.15, -0.1) is 11.3 Å². The van der Waals surface area contributed by atoms with Gasteiger partial charge in [0, 0.05) is 16.5 Å². The lowest BCUT2D eigenvalue weighted by molar-refractivity contribution is 0.309. The number of rotatable bonds is 8. The number of hydrogen-bond donors (Lipinski definition) is 1. The van der Waals surface area contributed by atoms with Crippen molar-refractivity contribution in [1.29, 1.82) is 0 Å². The smallest absolute Gasteiger partial charge is 0.203 e. The summed E-state index contributed by atoms with van der Waals surface area (Å²) >= 11 is 1.55. The Balaban J connectivity index is 1.65. The molecule has 0 fully saturated rings. The number of nitrogens with one attached hydrogen (secondary N) is 1. The summed E-state index contributed by atoms with van der Waals surface area (Å²) in [5.74, 6) is 0.927. The minimum Gasteiger partial charge on any atom is -0.494 e. The molecule has 140 valence electrons. The average Bonchev–Trinajstić information content (AvgIpc) is 3.14. The molecule has 0 aliphatic rings. The van der Waals surface area contributed by atoms with Crippen LogP contribution in [0, 0.1) is 13.8 Å². The third-order valence-corrected chi connectivity index (χ3v) is 5.01. The molecule has 1 N–H and O–H groups in total. The summed E-state index contributed by atoms with van der Waals surface area (Å²) in [4.78, 5) is 4.59. The van der Waals surface area contributed by atoms with E-state index in [-0.39, 0.29) is 0 Å². The van der Waals surface area contributed by atoms with Crippen molar-refractivity contribution in [2.24, 2.45) is 5.10 Å². The Labute approximate surface area is 164 Å². The van der Waals surface area contributed by atoms with E-state index >= 15 is 0 Å². The highest BCUT2D eigenvalue weighted by molar-refractivity contribution is 7.14. The van der Waals surface area contributed by atoms with E-state index in [1.54, 1.807) is 11.3 Å². The Morgan fingerprint density at radius 3 is 2.59 bits per heavy atom. The fourth-order valence-corrected chi connectivity index (χ4v) is 3.44. The highest BCUT2D eigenvalue weighted by Gasteiger charge is 2.05. The molecule has 1 aromatic heterocycles. The van der Waals surface area contributed by atoms with Gasteiger partial charge in [0.1, 0.15) is 5.75 Å². The highest BCUT2D eigenvalue weighted by atomic mass is 32.1. The van der Waals surface area contributed by atoms with E-state index in [1.807, 2.05) is 29.8 Å². The van der Waals surface area contributed by atoms with Gasteiger partial charge in [0.05, 0.1) is 18.5 Å². The van der Waals surface area contributed by atoms with Crippen LogP contribution < -0.4 is 10.2 Å². The van der Waals surface area contributed by atoms with Crippen LogP contribution in [-0.4, -0.2) is 17.8 Å². The van der Waals surface area contributed by atoms with Crippen LogP contribution in [0.4, 0.5) is 5.13 Å². The molecule has 0 aliphatic carbocycles. The zero-order valence-electron chi connectivity index (χ0n) is 16.0. The van der Waals surface area contributed by atoms with Crippen molar-refractivity contribution in [3.05, 3.63) is 64.5 Å². The largest absolute Gasteiger partial charge is 0.494 e. The van der Waals surface area contributed by atoms with Gasteiger partial charge in [0.15, 0.2) is 0 Å². The van der Waals surface area contributed by atoms with Crippen LogP contribution in [-0.2, 0) is 0 Å². The van der Waals surface area contributed by atoms with Gasteiger partial charge >= 0.3 is 0 Å². The monoisotopic (exact) mass is 379 g/mol. The zero-order valence-corrected chi connectivity index (χ0v) is 16.8. The minimum absolute atomic E-state index is 0.762. The minimum atomic E-state index is 0.762. The lowest BCUT2D eigenvalue weighted by Gasteiger charge is -2.10. The Kier molecular flexibility index (Phi) is 6.60. The molecular weight excluding hydrogens is 354 g/mol. The SMILES string of the molecule is CCCCOc1cc(C)c(C=NNc2nc(-c3ccccc3)cs2)c(C)c1. The Bertz CT molecular complexity index is 880. The summed E-state index contributed by atoms with van der Waals surface area (Å²) in [6.07, 6.45) is 4.06.